The first kappa shape index (κ1) is 21.0. The van der Waals surface area contributed by atoms with E-state index in [1.807, 2.05) is 18.2 Å². The average molecular weight is 423 g/mol. The fraction of sp³-hybridized carbons (Fsp3) is 0.375. The van der Waals surface area contributed by atoms with E-state index < -0.39 is 17.5 Å². The number of rotatable bonds is 6. The molecule has 0 radical (unpaired) electrons. The second-order valence-corrected chi connectivity index (χ2v) is 8.32. The van der Waals surface area contributed by atoms with Crippen LogP contribution in [0.25, 0.3) is 0 Å². The van der Waals surface area contributed by atoms with Crippen LogP contribution in [0.1, 0.15) is 42.5 Å². The quantitative estimate of drug-likeness (QED) is 0.726. The number of amides is 4. The molecule has 1 N–H and O–H groups in total. The number of aryl methyl sites for hydroxylation is 2. The van der Waals surface area contributed by atoms with Gasteiger partial charge in [0, 0.05) is 13.1 Å². The highest BCUT2D eigenvalue weighted by atomic mass is 19.1. The fourth-order valence-electron chi connectivity index (χ4n) is 4.39. The van der Waals surface area contributed by atoms with Gasteiger partial charge in [-0.15, -0.1) is 0 Å². The molecule has 1 unspecified atom stereocenters. The number of carbonyl (C=O) groups excluding carboxylic acids is 3. The predicted octanol–water partition coefficient (Wildman–Crippen LogP) is 3.13. The van der Waals surface area contributed by atoms with Gasteiger partial charge in [0.25, 0.3) is 5.91 Å². The Morgan fingerprint density at radius 3 is 2.68 bits per heavy atom. The topological polar surface area (TPSA) is 69.7 Å². The van der Waals surface area contributed by atoms with Gasteiger partial charge in [0.1, 0.15) is 17.9 Å². The lowest BCUT2D eigenvalue weighted by Gasteiger charge is -2.25. The average Bonchev–Trinajstić information content (AvgIpc) is 3.30. The smallest absolute Gasteiger partial charge is 0.325 e. The first-order chi connectivity index (χ1) is 14.8. The molecule has 0 aromatic heterocycles. The van der Waals surface area contributed by atoms with Gasteiger partial charge in [-0.25, -0.2) is 9.18 Å². The summed E-state index contributed by atoms with van der Waals surface area (Å²) in [5.41, 5.74) is 2.67. The molecule has 1 fully saturated rings. The molecule has 1 aliphatic carbocycles. The summed E-state index contributed by atoms with van der Waals surface area (Å²) >= 11 is 0. The van der Waals surface area contributed by atoms with Gasteiger partial charge < -0.3 is 10.2 Å². The van der Waals surface area contributed by atoms with E-state index >= 15 is 0 Å². The van der Waals surface area contributed by atoms with Crippen molar-refractivity contribution >= 4 is 17.8 Å². The Morgan fingerprint density at radius 1 is 1.16 bits per heavy atom. The number of likely N-dealkylation sites (N-methyl/N-ethyl adjacent to an activating group) is 1. The number of nitrogens with one attached hydrogen (secondary N) is 1. The molecule has 1 saturated heterocycles. The molecule has 7 heteroatoms. The third-order valence-electron chi connectivity index (χ3n) is 6.24. The van der Waals surface area contributed by atoms with Crippen molar-refractivity contribution in [1.82, 2.24) is 15.1 Å². The number of hydrogen-bond donors (Lipinski definition) is 1. The van der Waals surface area contributed by atoms with Crippen LogP contribution in [-0.4, -0.2) is 40.7 Å². The lowest BCUT2D eigenvalue weighted by atomic mass is 9.89. The molecular formula is C24H26FN3O3. The number of urea groups is 1. The Hall–Kier alpha value is -3.22. The Balaban J connectivity index is 1.50. The Morgan fingerprint density at radius 2 is 1.94 bits per heavy atom. The van der Waals surface area contributed by atoms with Gasteiger partial charge >= 0.3 is 6.03 Å². The van der Waals surface area contributed by atoms with E-state index in [1.54, 1.807) is 26.0 Å². The van der Waals surface area contributed by atoms with Crippen molar-refractivity contribution in [2.75, 3.05) is 13.1 Å². The molecule has 4 rings (SSSR count). The van der Waals surface area contributed by atoms with E-state index in [0.717, 1.165) is 29.7 Å². The zero-order valence-electron chi connectivity index (χ0n) is 17.8. The van der Waals surface area contributed by atoms with Crippen molar-refractivity contribution in [2.45, 2.75) is 45.2 Å². The summed E-state index contributed by atoms with van der Waals surface area (Å²) in [5, 5.41) is 2.77. The molecule has 2 aromatic carbocycles. The molecule has 162 valence electrons. The highest BCUT2D eigenvalue weighted by molar-refractivity contribution is 6.09. The van der Waals surface area contributed by atoms with Gasteiger partial charge in [0.05, 0.1) is 0 Å². The van der Waals surface area contributed by atoms with Crippen LogP contribution in [0.5, 0.6) is 0 Å². The summed E-state index contributed by atoms with van der Waals surface area (Å²) in [4.78, 5) is 41.2. The van der Waals surface area contributed by atoms with Crippen molar-refractivity contribution in [3.8, 4) is 0 Å². The van der Waals surface area contributed by atoms with E-state index in [4.69, 9.17) is 0 Å². The van der Waals surface area contributed by atoms with E-state index in [9.17, 15) is 18.8 Å². The standard InChI is InChI=1S/C24H26FN3O3/c1-3-27(14-16-6-4-9-20(25)12-16)21(29)15-28-22(30)24(2,26-23(28)31)19-11-10-17-7-5-8-18(17)13-19/h4,6,9-13H,3,5,7-8,14-15H2,1-2H3,(H,26,31). The van der Waals surface area contributed by atoms with Crippen LogP contribution in [-0.2, 0) is 34.5 Å². The van der Waals surface area contributed by atoms with Crippen LogP contribution in [0, 0.1) is 5.82 Å². The summed E-state index contributed by atoms with van der Waals surface area (Å²) in [5.74, 6) is -1.18. The van der Waals surface area contributed by atoms with Gasteiger partial charge in [-0.3, -0.25) is 14.5 Å². The third kappa shape index (κ3) is 3.92. The third-order valence-corrected chi connectivity index (χ3v) is 6.24. The molecule has 4 amide bonds. The minimum atomic E-state index is -1.20. The van der Waals surface area contributed by atoms with Crippen molar-refractivity contribution in [3.63, 3.8) is 0 Å². The molecule has 0 saturated carbocycles. The maximum atomic E-state index is 13.5. The molecule has 0 spiro atoms. The van der Waals surface area contributed by atoms with Crippen LogP contribution < -0.4 is 5.32 Å². The predicted molar refractivity (Wildman–Crippen MR) is 114 cm³/mol. The molecule has 0 bridgehead atoms. The van der Waals surface area contributed by atoms with Crippen LogP contribution in [0.3, 0.4) is 0 Å². The summed E-state index contributed by atoms with van der Waals surface area (Å²) in [6, 6.07) is 11.4. The number of halogens is 1. The molecule has 1 atom stereocenters. The van der Waals surface area contributed by atoms with Gasteiger partial charge in [-0.1, -0.05) is 30.3 Å². The number of hydrogen-bond acceptors (Lipinski definition) is 3. The largest absolute Gasteiger partial charge is 0.337 e. The highest BCUT2D eigenvalue weighted by Crippen LogP contribution is 2.32. The SMILES string of the molecule is CCN(Cc1cccc(F)c1)C(=O)CN1C(=O)NC(C)(c2ccc3c(c2)CCC3)C1=O. The Kier molecular flexibility index (Phi) is 5.52. The highest BCUT2D eigenvalue weighted by Gasteiger charge is 2.49. The number of carbonyl (C=O) groups is 3. The maximum Gasteiger partial charge on any atom is 0.325 e. The molecule has 2 aliphatic rings. The van der Waals surface area contributed by atoms with Gasteiger partial charge in [0.15, 0.2) is 0 Å². The molecule has 2 aromatic rings. The zero-order valence-corrected chi connectivity index (χ0v) is 17.8. The van der Waals surface area contributed by atoms with Crippen molar-refractivity contribution < 1.29 is 18.8 Å². The fourth-order valence-corrected chi connectivity index (χ4v) is 4.39. The van der Waals surface area contributed by atoms with Crippen LogP contribution >= 0.6 is 0 Å². The Labute approximate surface area is 181 Å². The molecule has 6 nitrogen and oxygen atoms in total. The van der Waals surface area contributed by atoms with Crippen LogP contribution in [0.4, 0.5) is 9.18 Å². The lowest BCUT2D eigenvalue weighted by Crippen LogP contribution is -2.44. The first-order valence-electron chi connectivity index (χ1n) is 10.6. The van der Waals surface area contributed by atoms with Gasteiger partial charge in [-0.2, -0.15) is 0 Å². The Bertz CT molecular complexity index is 1050. The molecule has 1 heterocycles. The second kappa shape index (κ2) is 8.13. The molecule has 31 heavy (non-hydrogen) atoms. The molecular weight excluding hydrogens is 397 g/mol. The van der Waals surface area contributed by atoms with E-state index in [-0.39, 0.29) is 24.8 Å². The summed E-state index contributed by atoms with van der Waals surface area (Å²) in [7, 11) is 0. The monoisotopic (exact) mass is 423 g/mol. The maximum absolute atomic E-state index is 13.5. The minimum absolute atomic E-state index is 0.207. The van der Waals surface area contributed by atoms with Crippen molar-refractivity contribution in [1.29, 1.82) is 0 Å². The lowest BCUT2D eigenvalue weighted by molar-refractivity contribution is -0.139. The second-order valence-electron chi connectivity index (χ2n) is 8.32. The van der Waals surface area contributed by atoms with E-state index in [2.05, 4.69) is 5.32 Å². The van der Waals surface area contributed by atoms with Crippen molar-refractivity contribution in [3.05, 3.63) is 70.5 Å². The number of benzene rings is 2. The molecule has 1 aliphatic heterocycles. The van der Waals surface area contributed by atoms with Gasteiger partial charge in [0.2, 0.25) is 5.91 Å². The summed E-state index contributed by atoms with van der Waals surface area (Å²) < 4.78 is 13.5. The summed E-state index contributed by atoms with van der Waals surface area (Å²) in [6.45, 7) is 3.71. The van der Waals surface area contributed by atoms with E-state index in [1.165, 1.54) is 28.2 Å². The van der Waals surface area contributed by atoms with Crippen molar-refractivity contribution in [2.24, 2.45) is 0 Å². The van der Waals surface area contributed by atoms with Gasteiger partial charge in [-0.05, 0) is 67.5 Å². The number of nitrogens with zero attached hydrogens (tertiary/aromatic N) is 2. The zero-order chi connectivity index (χ0) is 22.2. The van der Waals surface area contributed by atoms with Crippen LogP contribution in [0.15, 0.2) is 42.5 Å². The summed E-state index contributed by atoms with van der Waals surface area (Å²) in [6.07, 6.45) is 3.09. The van der Waals surface area contributed by atoms with E-state index in [0.29, 0.717) is 12.1 Å². The first-order valence-corrected chi connectivity index (χ1v) is 10.6. The van der Waals surface area contributed by atoms with Crippen LogP contribution in [0.2, 0.25) is 0 Å². The normalized spacial score (nSPS) is 20.0. The number of imide groups is 1. The minimum Gasteiger partial charge on any atom is -0.337 e. The number of fused-ring (bicyclic) bond motifs is 1.